The lowest BCUT2D eigenvalue weighted by molar-refractivity contribution is -0.155. The molecule has 29 heavy (non-hydrogen) atoms. The fourth-order valence-corrected chi connectivity index (χ4v) is 2.85. The Morgan fingerprint density at radius 3 is 2.59 bits per heavy atom. The van der Waals surface area contributed by atoms with Crippen LogP contribution in [0.4, 0.5) is 5.69 Å². The molecule has 0 radical (unpaired) electrons. The molecule has 0 aromatic heterocycles. The Balaban J connectivity index is 1.97. The maximum Gasteiger partial charge on any atom is 0.311 e. The van der Waals surface area contributed by atoms with E-state index in [9.17, 15) is 19.2 Å². The highest BCUT2D eigenvalue weighted by atomic mass is 16.5. The van der Waals surface area contributed by atoms with Gasteiger partial charge in [0, 0.05) is 33.1 Å². The molecule has 0 saturated carbocycles. The summed E-state index contributed by atoms with van der Waals surface area (Å²) in [5.41, 5.74) is 0.523. The molecule has 1 aromatic carbocycles. The van der Waals surface area contributed by atoms with Crippen molar-refractivity contribution in [1.29, 1.82) is 0 Å². The van der Waals surface area contributed by atoms with E-state index in [0.29, 0.717) is 17.2 Å². The zero-order chi connectivity index (χ0) is 21.6. The maximum atomic E-state index is 12.4. The van der Waals surface area contributed by atoms with Crippen molar-refractivity contribution in [3.05, 3.63) is 18.2 Å². The Morgan fingerprint density at radius 1 is 1.24 bits per heavy atom. The first-order chi connectivity index (χ1) is 13.8. The van der Waals surface area contributed by atoms with Crippen molar-refractivity contribution in [2.24, 2.45) is 5.92 Å². The van der Waals surface area contributed by atoms with Crippen LogP contribution in [0.3, 0.4) is 0 Å². The second-order valence-corrected chi connectivity index (χ2v) is 6.47. The van der Waals surface area contributed by atoms with Gasteiger partial charge in [-0.2, -0.15) is 0 Å². The van der Waals surface area contributed by atoms with Crippen LogP contribution in [-0.2, 0) is 23.9 Å². The van der Waals surface area contributed by atoms with Crippen LogP contribution < -0.4 is 19.7 Å². The molecule has 0 aliphatic carbocycles. The molecule has 1 aromatic rings. The number of nitrogens with zero attached hydrogens (tertiary/aromatic N) is 2. The van der Waals surface area contributed by atoms with E-state index in [1.807, 2.05) is 0 Å². The van der Waals surface area contributed by atoms with Crippen LogP contribution in [0.15, 0.2) is 18.2 Å². The van der Waals surface area contributed by atoms with Crippen LogP contribution >= 0.6 is 0 Å². The summed E-state index contributed by atoms with van der Waals surface area (Å²) in [5, 5.41) is 2.40. The van der Waals surface area contributed by atoms with Crippen LogP contribution in [0.5, 0.6) is 11.5 Å². The molecule has 1 fully saturated rings. The van der Waals surface area contributed by atoms with Gasteiger partial charge in [-0.15, -0.1) is 0 Å². The normalized spacial score (nSPS) is 15.7. The summed E-state index contributed by atoms with van der Waals surface area (Å²) < 4.78 is 15.5. The first kappa shape index (κ1) is 22.0. The van der Waals surface area contributed by atoms with Crippen molar-refractivity contribution >= 4 is 29.4 Å². The zero-order valence-electron chi connectivity index (χ0n) is 16.9. The fourth-order valence-electron chi connectivity index (χ4n) is 2.85. The molecular weight excluding hydrogens is 382 g/mol. The van der Waals surface area contributed by atoms with Gasteiger partial charge in [0.25, 0.3) is 5.91 Å². The van der Waals surface area contributed by atoms with Crippen molar-refractivity contribution < 1.29 is 33.4 Å². The minimum Gasteiger partial charge on any atom is -0.497 e. The molecule has 0 unspecified atom stereocenters. The maximum absolute atomic E-state index is 12.4. The van der Waals surface area contributed by atoms with Crippen molar-refractivity contribution in [2.45, 2.75) is 6.42 Å². The molecule has 1 aliphatic heterocycles. The lowest BCUT2D eigenvalue weighted by atomic mass is 10.1. The number of ether oxygens (including phenoxy) is 3. The summed E-state index contributed by atoms with van der Waals surface area (Å²) in [6, 6.07) is 5.02. The van der Waals surface area contributed by atoms with Crippen LogP contribution in [0.25, 0.3) is 0 Å². The third kappa shape index (κ3) is 5.37. The third-order valence-corrected chi connectivity index (χ3v) is 4.56. The largest absolute Gasteiger partial charge is 0.497 e. The monoisotopic (exact) mass is 407 g/mol. The number of nitrogens with one attached hydrogen (secondary N) is 1. The van der Waals surface area contributed by atoms with Gasteiger partial charge in [-0.3, -0.25) is 19.2 Å². The molecule has 1 saturated heterocycles. The zero-order valence-corrected chi connectivity index (χ0v) is 16.9. The summed E-state index contributed by atoms with van der Waals surface area (Å²) in [4.78, 5) is 50.6. The number of hydrogen-bond donors (Lipinski definition) is 1. The summed E-state index contributed by atoms with van der Waals surface area (Å²) in [5.74, 6) is -1.43. The molecule has 3 amide bonds. The smallest absolute Gasteiger partial charge is 0.311 e. The van der Waals surface area contributed by atoms with E-state index in [4.69, 9.17) is 14.2 Å². The molecule has 1 heterocycles. The molecule has 1 atom stereocenters. The highest BCUT2D eigenvalue weighted by Gasteiger charge is 2.37. The number of likely N-dealkylation sites (N-methyl/N-ethyl adjacent to an activating group) is 2. The Hall–Kier alpha value is -3.30. The Bertz CT molecular complexity index is 796. The molecule has 0 spiro atoms. The van der Waals surface area contributed by atoms with Gasteiger partial charge in [-0.25, -0.2) is 0 Å². The first-order valence-electron chi connectivity index (χ1n) is 8.94. The van der Waals surface area contributed by atoms with Crippen LogP contribution in [0.1, 0.15) is 6.42 Å². The van der Waals surface area contributed by atoms with Gasteiger partial charge in [-0.1, -0.05) is 0 Å². The Labute approximate surface area is 168 Å². The van der Waals surface area contributed by atoms with Crippen LogP contribution in [0, 0.1) is 5.92 Å². The lowest BCUT2D eigenvalue weighted by Gasteiger charge is -2.20. The number of amides is 3. The van der Waals surface area contributed by atoms with Crippen molar-refractivity contribution in [2.75, 3.05) is 52.9 Å². The van der Waals surface area contributed by atoms with E-state index < -0.39 is 24.4 Å². The molecule has 1 N–H and O–H groups in total. The molecule has 0 bridgehead atoms. The Morgan fingerprint density at radius 2 is 1.97 bits per heavy atom. The van der Waals surface area contributed by atoms with Gasteiger partial charge in [0.1, 0.15) is 11.5 Å². The van der Waals surface area contributed by atoms with Gasteiger partial charge in [0.2, 0.25) is 11.8 Å². The SMILES string of the molecule is CNC(=O)CN(C)C(=O)COC(=O)[C@H]1CC(=O)N(c2ccc(OC)cc2OC)C1. The molecular formula is C19H25N3O7. The van der Waals surface area contributed by atoms with E-state index >= 15 is 0 Å². The van der Waals surface area contributed by atoms with Gasteiger partial charge < -0.3 is 29.3 Å². The number of hydrogen-bond acceptors (Lipinski definition) is 7. The topological polar surface area (TPSA) is 114 Å². The van der Waals surface area contributed by atoms with E-state index in [0.717, 1.165) is 4.90 Å². The third-order valence-electron chi connectivity index (χ3n) is 4.56. The number of carbonyl (C=O) groups excluding carboxylic acids is 4. The molecule has 1 aliphatic rings. The highest BCUT2D eigenvalue weighted by Crippen LogP contribution is 2.35. The Kier molecular flexibility index (Phi) is 7.40. The number of carbonyl (C=O) groups is 4. The van der Waals surface area contributed by atoms with Gasteiger partial charge in [-0.05, 0) is 12.1 Å². The quantitative estimate of drug-likeness (QED) is 0.594. The van der Waals surface area contributed by atoms with Crippen LogP contribution in [0.2, 0.25) is 0 Å². The average molecular weight is 407 g/mol. The number of rotatable bonds is 8. The summed E-state index contributed by atoms with van der Waals surface area (Å²) in [7, 11) is 5.89. The number of esters is 1. The molecule has 158 valence electrons. The predicted octanol–water partition coefficient (Wildman–Crippen LogP) is -0.196. The number of benzene rings is 1. The number of methoxy groups -OCH3 is 2. The van der Waals surface area contributed by atoms with Crippen molar-refractivity contribution in [3.63, 3.8) is 0 Å². The second kappa shape index (κ2) is 9.76. The van der Waals surface area contributed by atoms with Crippen molar-refractivity contribution in [3.8, 4) is 11.5 Å². The first-order valence-corrected chi connectivity index (χ1v) is 8.94. The summed E-state index contributed by atoms with van der Waals surface area (Å²) >= 11 is 0. The van der Waals surface area contributed by atoms with Gasteiger partial charge in [0.05, 0.1) is 32.4 Å². The average Bonchev–Trinajstić information content (AvgIpc) is 3.12. The minimum absolute atomic E-state index is 0.0315. The summed E-state index contributed by atoms with van der Waals surface area (Å²) in [6.07, 6.45) is -0.0315. The molecule has 10 heteroatoms. The van der Waals surface area contributed by atoms with Gasteiger partial charge in [0.15, 0.2) is 6.61 Å². The fraction of sp³-hybridized carbons (Fsp3) is 0.474. The van der Waals surface area contributed by atoms with Crippen LogP contribution in [-0.4, -0.2) is 76.6 Å². The standard InChI is InChI=1S/C19H25N3O7/c1-20-16(23)10-21(2)18(25)11-29-19(26)12-7-17(24)22(9-12)14-6-5-13(27-3)8-15(14)28-4/h5-6,8,12H,7,9-11H2,1-4H3,(H,20,23)/t12-/m0/s1. The van der Waals surface area contributed by atoms with Gasteiger partial charge >= 0.3 is 5.97 Å². The molecule has 10 nitrogen and oxygen atoms in total. The number of anilines is 1. The second-order valence-electron chi connectivity index (χ2n) is 6.47. The van der Waals surface area contributed by atoms with E-state index in [-0.39, 0.29) is 31.3 Å². The van der Waals surface area contributed by atoms with E-state index in [1.54, 1.807) is 18.2 Å². The van der Waals surface area contributed by atoms with E-state index in [1.165, 1.54) is 33.2 Å². The lowest BCUT2D eigenvalue weighted by Crippen LogP contribution is -2.39. The highest BCUT2D eigenvalue weighted by molar-refractivity contribution is 6.00. The predicted molar refractivity (Wildman–Crippen MR) is 103 cm³/mol. The molecule has 2 rings (SSSR count). The van der Waals surface area contributed by atoms with Crippen molar-refractivity contribution in [1.82, 2.24) is 10.2 Å². The summed E-state index contributed by atoms with van der Waals surface area (Å²) in [6.45, 7) is -0.522. The minimum atomic E-state index is -0.702. The van der Waals surface area contributed by atoms with E-state index in [2.05, 4.69) is 5.32 Å².